The molecule has 0 aliphatic carbocycles. The van der Waals surface area contributed by atoms with Crippen LogP contribution in [0.3, 0.4) is 0 Å². The zero-order chi connectivity index (χ0) is 13.9. The van der Waals surface area contributed by atoms with Crippen molar-refractivity contribution in [2.24, 2.45) is 5.92 Å². The monoisotopic (exact) mass is 321 g/mol. The Hall–Kier alpha value is -0.780. The van der Waals surface area contributed by atoms with Gasteiger partial charge in [-0.2, -0.15) is 0 Å². The van der Waals surface area contributed by atoms with Crippen molar-refractivity contribution in [2.75, 3.05) is 13.1 Å². The summed E-state index contributed by atoms with van der Waals surface area (Å²) >= 11 is 3.18. The maximum Gasteiger partial charge on any atom is 0.410 e. The molecule has 0 spiro atoms. The number of hydrogen-bond donors (Lipinski definition) is 1. The summed E-state index contributed by atoms with van der Waals surface area (Å²) in [7, 11) is 0. The molecule has 1 amide bonds. The van der Waals surface area contributed by atoms with E-state index >= 15 is 0 Å². The summed E-state index contributed by atoms with van der Waals surface area (Å²) in [5, 5.41) is 8.91. The number of likely N-dealkylation sites (tertiary alicyclic amines) is 1. The lowest BCUT2D eigenvalue weighted by Crippen LogP contribution is -2.43. The highest BCUT2D eigenvalue weighted by Crippen LogP contribution is 2.26. The number of alkyl halides is 1. The average Bonchev–Trinajstić information content (AvgIpc) is 2.26. The van der Waals surface area contributed by atoms with Gasteiger partial charge in [0.25, 0.3) is 0 Å². The Bertz CT molecular complexity index is 319. The Morgan fingerprint density at radius 1 is 1.33 bits per heavy atom. The molecule has 1 N–H and O–H groups in total. The third-order valence-corrected chi connectivity index (χ3v) is 3.98. The van der Waals surface area contributed by atoms with Crippen molar-refractivity contribution >= 4 is 28.0 Å². The number of rotatable bonds is 2. The lowest BCUT2D eigenvalue weighted by molar-refractivity contribution is -0.137. The number of ether oxygens (including phenoxy) is 1. The molecular formula is C12H20BrNO4. The van der Waals surface area contributed by atoms with E-state index < -0.39 is 16.4 Å². The van der Waals surface area contributed by atoms with E-state index in [-0.39, 0.29) is 12.0 Å². The van der Waals surface area contributed by atoms with E-state index in [2.05, 4.69) is 15.9 Å². The molecule has 0 unspecified atom stereocenters. The maximum atomic E-state index is 11.8. The topological polar surface area (TPSA) is 66.8 Å². The average molecular weight is 322 g/mol. The highest BCUT2D eigenvalue weighted by atomic mass is 79.9. The highest BCUT2D eigenvalue weighted by molar-refractivity contribution is 9.10. The molecule has 0 radical (unpaired) electrons. The number of nitrogens with zero attached hydrogens (tertiary/aromatic N) is 1. The third kappa shape index (κ3) is 4.48. The Balaban J connectivity index is 2.44. The van der Waals surface area contributed by atoms with Crippen molar-refractivity contribution in [1.29, 1.82) is 0 Å². The molecule has 0 aromatic heterocycles. The van der Waals surface area contributed by atoms with Crippen LogP contribution in [0.25, 0.3) is 0 Å². The molecule has 1 atom stereocenters. The van der Waals surface area contributed by atoms with Crippen LogP contribution in [0.2, 0.25) is 0 Å². The van der Waals surface area contributed by atoms with Gasteiger partial charge >= 0.3 is 12.1 Å². The van der Waals surface area contributed by atoms with Gasteiger partial charge in [-0.3, -0.25) is 4.79 Å². The fourth-order valence-corrected chi connectivity index (χ4v) is 2.43. The minimum absolute atomic E-state index is 0.0705. The molecule has 1 saturated heterocycles. The van der Waals surface area contributed by atoms with Crippen LogP contribution in [-0.4, -0.2) is 45.6 Å². The number of carboxylic acid groups (broad SMARTS) is 1. The van der Waals surface area contributed by atoms with Crippen LogP contribution in [0.1, 0.15) is 33.6 Å². The summed E-state index contributed by atoms with van der Waals surface area (Å²) in [6.45, 7) is 6.59. The number of amides is 1. The standard InChI is InChI=1S/C12H20BrNO4/c1-12(2,3)18-11(17)14-6-4-8(5-7-14)9(13)10(15)16/h8-9H,4-7H2,1-3H3,(H,15,16)/t9-/m0/s1. The summed E-state index contributed by atoms with van der Waals surface area (Å²) in [4.78, 5) is 23.8. The normalized spacial score (nSPS) is 19.4. The van der Waals surface area contributed by atoms with Gasteiger partial charge in [-0.1, -0.05) is 15.9 Å². The van der Waals surface area contributed by atoms with Gasteiger partial charge in [0.2, 0.25) is 0 Å². The third-order valence-electron chi connectivity index (χ3n) is 2.84. The number of halogens is 1. The van der Waals surface area contributed by atoms with Gasteiger partial charge in [-0.15, -0.1) is 0 Å². The van der Waals surface area contributed by atoms with Gasteiger partial charge in [-0.05, 0) is 39.5 Å². The number of piperidine rings is 1. The first-order chi connectivity index (χ1) is 8.20. The number of hydrogen-bond acceptors (Lipinski definition) is 3. The van der Waals surface area contributed by atoms with E-state index in [0.717, 1.165) is 0 Å². The fraction of sp³-hybridized carbons (Fsp3) is 0.833. The molecule has 1 rings (SSSR count). The SMILES string of the molecule is CC(C)(C)OC(=O)N1CCC([C@H](Br)C(=O)O)CC1. The van der Waals surface area contributed by atoms with Crippen molar-refractivity contribution in [3.05, 3.63) is 0 Å². The second kappa shape index (κ2) is 5.91. The summed E-state index contributed by atoms with van der Waals surface area (Å²) < 4.78 is 5.28. The molecule has 18 heavy (non-hydrogen) atoms. The highest BCUT2D eigenvalue weighted by Gasteiger charge is 2.32. The van der Waals surface area contributed by atoms with Gasteiger partial charge in [-0.25, -0.2) is 4.79 Å². The smallest absolute Gasteiger partial charge is 0.410 e. The van der Waals surface area contributed by atoms with E-state index in [1.165, 1.54) is 0 Å². The molecule has 1 heterocycles. The van der Waals surface area contributed by atoms with E-state index in [4.69, 9.17) is 9.84 Å². The summed E-state index contributed by atoms with van der Waals surface area (Å²) in [5.41, 5.74) is -0.493. The molecular weight excluding hydrogens is 302 g/mol. The first-order valence-electron chi connectivity index (χ1n) is 6.05. The minimum atomic E-state index is -0.842. The van der Waals surface area contributed by atoms with Crippen LogP contribution in [0.15, 0.2) is 0 Å². The lowest BCUT2D eigenvalue weighted by atomic mass is 9.94. The Kier molecular flexibility index (Phi) is 5.01. The van der Waals surface area contributed by atoms with Gasteiger partial charge < -0.3 is 14.7 Å². The predicted octanol–water partition coefficient (Wildman–Crippen LogP) is 2.48. The predicted molar refractivity (Wildman–Crippen MR) is 70.9 cm³/mol. The first kappa shape index (κ1) is 15.3. The largest absolute Gasteiger partial charge is 0.480 e. The zero-order valence-electron chi connectivity index (χ0n) is 11.0. The quantitative estimate of drug-likeness (QED) is 0.793. The molecule has 104 valence electrons. The Morgan fingerprint density at radius 2 is 1.83 bits per heavy atom. The van der Waals surface area contributed by atoms with E-state index in [9.17, 15) is 9.59 Å². The van der Waals surface area contributed by atoms with Crippen molar-refractivity contribution in [3.8, 4) is 0 Å². The van der Waals surface area contributed by atoms with Crippen LogP contribution in [0.5, 0.6) is 0 Å². The number of carboxylic acids is 1. The molecule has 0 saturated carbocycles. The molecule has 5 nitrogen and oxygen atoms in total. The zero-order valence-corrected chi connectivity index (χ0v) is 12.6. The molecule has 1 aliphatic rings. The molecule has 1 aliphatic heterocycles. The summed E-state index contributed by atoms with van der Waals surface area (Å²) in [6.07, 6.45) is 1.05. The molecule has 6 heteroatoms. The molecule has 0 bridgehead atoms. The maximum absolute atomic E-state index is 11.8. The van der Waals surface area contributed by atoms with Crippen LogP contribution in [0.4, 0.5) is 4.79 Å². The van der Waals surface area contributed by atoms with Crippen LogP contribution < -0.4 is 0 Å². The van der Waals surface area contributed by atoms with Crippen molar-refractivity contribution in [1.82, 2.24) is 4.90 Å². The van der Waals surface area contributed by atoms with Gasteiger partial charge in [0, 0.05) is 13.1 Å². The van der Waals surface area contributed by atoms with Crippen molar-refractivity contribution in [3.63, 3.8) is 0 Å². The van der Waals surface area contributed by atoms with Crippen molar-refractivity contribution in [2.45, 2.75) is 44.0 Å². The summed E-state index contributed by atoms with van der Waals surface area (Å²) in [6, 6.07) is 0. The number of carbonyl (C=O) groups excluding carboxylic acids is 1. The van der Waals surface area contributed by atoms with Crippen LogP contribution >= 0.6 is 15.9 Å². The Morgan fingerprint density at radius 3 is 2.22 bits per heavy atom. The van der Waals surface area contributed by atoms with E-state index in [1.54, 1.807) is 4.90 Å². The molecule has 0 aromatic rings. The van der Waals surface area contributed by atoms with Gasteiger partial charge in [0.05, 0.1) is 0 Å². The number of aliphatic carboxylic acids is 1. The number of carbonyl (C=O) groups is 2. The molecule has 1 fully saturated rings. The van der Waals surface area contributed by atoms with Crippen molar-refractivity contribution < 1.29 is 19.4 Å². The minimum Gasteiger partial charge on any atom is -0.480 e. The molecule has 0 aromatic carbocycles. The van der Waals surface area contributed by atoms with Gasteiger partial charge in [0.1, 0.15) is 10.4 Å². The second-order valence-electron chi connectivity index (χ2n) is 5.54. The van der Waals surface area contributed by atoms with Gasteiger partial charge in [0.15, 0.2) is 0 Å². The van der Waals surface area contributed by atoms with E-state index in [1.807, 2.05) is 20.8 Å². The van der Waals surface area contributed by atoms with Crippen LogP contribution in [0, 0.1) is 5.92 Å². The fourth-order valence-electron chi connectivity index (χ4n) is 1.90. The first-order valence-corrected chi connectivity index (χ1v) is 6.97. The van der Waals surface area contributed by atoms with Crippen LogP contribution in [-0.2, 0) is 9.53 Å². The second-order valence-corrected chi connectivity index (χ2v) is 6.53. The van der Waals surface area contributed by atoms with E-state index in [0.29, 0.717) is 25.9 Å². The lowest BCUT2D eigenvalue weighted by Gasteiger charge is -2.34. The Labute approximate surface area is 116 Å². The summed E-state index contributed by atoms with van der Waals surface area (Å²) in [5.74, 6) is -0.771.